The van der Waals surface area contributed by atoms with Gasteiger partial charge < -0.3 is 5.32 Å². The van der Waals surface area contributed by atoms with Crippen LogP contribution in [0.3, 0.4) is 0 Å². The number of aromatic nitrogens is 5. The van der Waals surface area contributed by atoms with Crippen molar-refractivity contribution in [1.82, 2.24) is 29.7 Å². The van der Waals surface area contributed by atoms with Gasteiger partial charge in [0.15, 0.2) is 5.65 Å². The highest BCUT2D eigenvalue weighted by atomic mass is 16.1. The first-order chi connectivity index (χ1) is 12.0. The summed E-state index contributed by atoms with van der Waals surface area (Å²) in [7, 11) is 1.84. The summed E-state index contributed by atoms with van der Waals surface area (Å²) in [6.07, 6.45) is 3.63. The highest BCUT2D eigenvalue weighted by Gasteiger charge is 2.17. The maximum Gasteiger partial charge on any atom is 0.252 e. The minimum atomic E-state index is -0.131. The van der Waals surface area contributed by atoms with Crippen LogP contribution in [-0.2, 0) is 13.6 Å². The van der Waals surface area contributed by atoms with Crippen molar-refractivity contribution in [3.8, 4) is 0 Å². The molecule has 0 bridgehead atoms. The van der Waals surface area contributed by atoms with Gasteiger partial charge in [-0.2, -0.15) is 10.2 Å². The van der Waals surface area contributed by atoms with E-state index in [4.69, 9.17) is 0 Å². The van der Waals surface area contributed by atoms with Gasteiger partial charge in [0.25, 0.3) is 5.91 Å². The minimum absolute atomic E-state index is 0.131. The quantitative estimate of drug-likeness (QED) is 0.623. The Morgan fingerprint density at radius 2 is 2.12 bits per heavy atom. The van der Waals surface area contributed by atoms with Gasteiger partial charge in [0.2, 0.25) is 0 Å². The van der Waals surface area contributed by atoms with E-state index in [2.05, 4.69) is 20.5 Å². The molecule has 0 atom stereocenters. The summed E-state index contributed by atoms with van der Waals surface area (Å²) in [5.41, 5.74) is 4.91. The predicted octanol–water partition coefficient (Wildman–Crippen LogP) is 2.16. The molecule has 4 heterocycles. The van der Waals surface area contributed by atoms with Crippen LogP contribution in [0.4, 0.5) is 0 Å². The van der Waals surface area contributed by atoms with E-state index in [9.17, 15) is 4.79 Å². The molecule has 0 aliphatic rings. The Morgan fingerprint density at radius 1 is 1.28 bits per heavy atom. The first-order valence-electron chi connectivity index (χ1n) is 8.05. The topological polar surface area (TPSA) is 77.1 Å². The zero-order valence-corrected chi connectivity index (χ0v) is 14.3. The third kappa shape index (κ3) is 2.53. The third-order valence-electron chi connectivity index (χ3n) is 4.30. The maximum absolute atomic E-state index is 12.8. The Hall–Kier alpha value is -3.22. The molecule has 0 aliphatic carbocycles. The molecule has 0 spiro atoms. The molecule has 0 aliphatic heterocycles. The number of pyridine rings is 2. The van der Waals surface area contributed by atoms with Gasteiger partial charge in [-0.1, -0.05) is 6.07 Å². The van der Waals surface area contributed by atoms with Crippen LogP contribution in [0.25, 0.3) is 16.6 Å². The molecule has 0 aromatic carbocycles. The molecule has 4 aromatic heterocycles. The number of amides is 1. The molecular weight excluding hydrogens is 316 g/mol. The van der Waals surface area contributed by atoms with Crippen molar-refractivity contribution >= 4 is 22.5 Å². The Morgan fingerprint density at radius 3 is 2.96 bits per heavy atom. The van der Waals surface area contributed by atoms with Crippen molar-refractivity contribution in [1.29, 1.82) is 0 Å². The zero-order valence-electron chi connectivity index (χ0n) is 14.3. The lowest BCUT2D eigenvalue weighted by atomic mass is 10.1. The SMILES string of the molecule is Cc1cc(C(=O)NCc2cccn3nccc23)c2c(C)nn(C)c2n1. The lowest BCUT2D eigenvalue weighted by Crippen LogP contribution is -2.23. The van der Waals surface area contributed by atoms with Crippen LogP contribution in [0.2, 0.25) is 0 Å². The van der Waals surface area contributed by atoms with Crippen LogP contribution in [0.15, 0.2) is 36.7 Å². The fourth-order valence-corrected chi connectivity index (χ4v) is 3.18. The number of hydrogen-bond acceptors (Lipinski definition) is 4. The van der Waals surface area contributed by atoms with E-state index in [0.29, 0.717) is 12.1 Å². The number of nitrogens with one attached hydrogen (secondary N) is 1. The summed E-state index contributed by atoms with van der Waals surface area (Å²) in [6, 6.07) is 7.65. The van der Waals surface area contributed by atoms with Gasteiger partial charge in [-0.3, -0.25) is 9.48 Å². The molecule has 4 rings (SSSR count). The van der Waals surface area contributed by atoms with E-state index < -0.39 is 0 Å². The van der Waals surface area contributed by atoms with Gasteiger partial charge in [0, 0.05) is 31.7 Å². The second-order valence-electron chi connectivity index (χ2n) is 6.10. The van der Waals surface area contributed by atoms with Crippen LogP contribution in [-0.4, -0.2) is 30.3 Å². The van der Waals surface area contributed by atoms with E-state index in [1.807, 2.05) is 51.4 Å². The summed E-state index contributed by atoms with van der Waals surface area (Å²) in [6.45, 7) is 4.20. The van der Waals surface area contributed by atoms with Gasteiger partial charge in [0.1, 0.15) is 0 Å². The van der Waals surface area contributed by atoms with Crippen LogP contribution < -0.4 is 5.32 Å². The molecule has 7 heteroatoms. The minimum Gasteiger partial charge on any atom is -0.348 e. The number of aryl methyl sites for hydroxylation is 3. The smallest absolute Gasteiger partial charge is 0.252 e. The van der Waals surface area contributed by atoms with Crippen LogP contribution in [0.5, 0.6) is 0 Å². The van der Waals surface area contributed by atoms with Crippen molar-refractivity contribution < 1.29 is 4.79 Å². The fraction of sp³-hybridized carbons (Fsp3) is 0.222. The number of rotatable bonds is 3. The molecule has 25 heavy (non-hydrogen) atoms. The van der Waals surface area contributed by atoms with Crippen molar-refractivity contribution in [3.63, 3.8) is 0 Å². The number of nitrogens with zero attached hydrogens (tertiary/aromatic N) is 5. The molecule has 126 valence electrons. The van der Waals surface area contributed by atoms with Crippen molar-refractivity contribution in [3.05, 3.63) is 59.2 Å². The van der Waals surface area contributed by atoms with Crippen molar-refractivity contribution in [2.45, 2.75) is 20.4 Å². The van der Waals surface area contributed by atoms with Gasteiger partial charge >= 0.3 is 0 Å². The molecule has 0 fully saturated rings. The monoisotopic (exact) mass is 334 g/mol. The number of fused-ring (bicyclic) bond motifs is 2. The van der Waals surface area contributed by atoms with E-state index in [0.717, 1.165) is 33.5 Å². The lowest BCUT2D eigenvalue weighted by Gasteiger charge is -2.09. The van der Waals surface area contributed by atoms with Gasteiger partial charge in [-0.05, 0) is 37.6 Å². The largest absolute Gasteiger partial charge is 0.348 e. The summed E-state index contributed by atoms with van der Waals surface area (Å²) in [5, 5.41) is 12.4. The Labute approximate surface area is 144 Å². The number of hydrogen-bond donors (Lipinski definition) is 1. The number of carbonyl (C=O) groups is 1. The fourth-order valence-electron chi connectivity index (χ4n) is 3.18. The predicted molar refractivity (Wildman–Crippen MR) is 94.3 cm³/mol. The molecule has 0 saturated heterocycles. The molecule has 7 nitrogen and oxygen atoms in total. The summed E-state index contributed by atoms with van der Waals surface area (Å²) in [4.78, 5) is 17.3. The molecule has 1 N–H and O–H groups in total. The average Bonchev–Trinajstić information content (AvgIpc) is 3.17. The Kier molecular flexibility index (Phi) is 3.49. The standard InChI is InChI=1S/C18H18N6O/c1-11-9-14(16-12(2)22-23(3)17(16)21-11)18(25)19-10-13-5-4-8-24-15(13)6-7-20-24/h4-9H,10H2,1-3H3,(H,19,25). The highest BCUT2D eigenvalue weighted by Crippen LogP contribution is 2.21. The van der Waals surface area contributed by atoms with Crippen LogP contribution >= 0.6 is 0 Å². The Bertz CT molecular complexity index is 1110. The van der Waals surface area contributed by atoms with Crippen LogP contribution in [0.1, 0.15) is 27.3 Å². The zero-order chi connectivity index (χ0) is 17.6. The van der Waals surface area contributed by atoms with E-state index in [1.165, 1.54) is 0 Å². The summed E-state index contributed by atoms with van der Waals surface area (Å²) >= 11 is 0. The molecule has 0 saturated carbocycles. The van der Waals surface area contributed by atoms with Gasteiger partial charge in [0.05, 0.1) is 22.2 Å². The Balaban J connectivity index is 1.68. The number of carbonyl (C=O) groups excluding carboxylic acids is 1. The van der Waals surface area contributed by atoms with Crippen molar-refractivity contribution in [2.75, 3.05) is 0 Å². The van der Waals surface area contributed by atoms with Crippen molar-refractivity contribution in [2.24, 2.45) is 7.05 Å². The molecular formula is C18H18N6O. The van der Waals surface area contributed by atoms with E-state index in [-0.39, 0.29) is 5.91 Å². The normalized spacial score (nSPS) is 11.3. The second kappa shape index (κ2) is 5.70. The first kappa shape index (κ1) is 15.3. The van der Waals surface area contributed by atoms with Crippen LogP contribution in [0, 0.1) is 13.8 Å². The first-order valence-corrected chi connectivity index (χ1v) is 8.05. The molecule has 0 radical (unpaired) electrons. The lowest BCUT2D eigenvalue weighted by molar-refractivity contribution is 0.0952. The summed E-state index contributed by atoms with van der Waals surface area (Å²) in [5.74, 6) is -0.131. The van der Waals surface area contributed by atoms with Gasteiger partial charge in [-0.15, -0.1) is 0 Å². The highest BCUT2D eigenvalue weighted by molar-refractivity contribution is 6.06. The average molecular weight is 334 g/mol. The molecule has 1 amide bonds. The maximum atomic E-state index is 12.8. The second-order valence-corrected chi connectivity index (χ2v) is 6.10. The molecule has 0 unspecified atom stereocenters. The van der Waals surface area contributed by atoms with E-state index in [1.54, 1.807) is 15.4 Å². The van der Waals surface area contributed by atoms with E-state index >= 15 is 0 Å². The summed E-state index contributed by atoms with van der Waals surface area (Å²) < 4.78 is 3.50. The third-order valence-corrected chi connectivity index (χ3v) is 4.30. The van der Waals surface area contributed by atoms with Gasteiger partial charge in [-0.25, -0.2) is 9.50 Å². The molecule has 4 aromatic rings.